The van der Waals surface area contributed by atoms with Crippen LogP contribution in [0.4, 0.5) is 5.69 Å². The van der Waals surface area contributed by atoms with E-state index in [1.807, 2.05) is 13.8 Å². The Balaban J connectivity index is 1.69. The van der Waals surface area contributed by atoms with E-state index in [1.165, 1.54) is 6.33 Å². The first kappa shape index (κ1) is 17.2. The van der Waals surface area contributed by atoms with Crippen LogP contribution in [0.2, 0.25) is 5.02 Å². The fourth-order valence-corrected chi connectivity index (χ4v) is 2.98. The molecule has 1 aromatic carbocycles. The molecule has 0 saturated heterocycles. The van der Waals surface area contributed by atoms with Crippen LogP contribution in [0.1, 0.15) is 23.4 Å². The number of halogens is 1. The zero-order valence-corrected chi connectivity index (χ0v) is 15.0. The zero-order chi connectivity index (χ0) is 18.0. The summed E-state index contributed by atoms with van der Waals surface area (Å²) in [5.41, 5.74) is 3.44. The lowest BCUT2D eigenvalue weighted by atomic mass is 10.1. The van der Waals surface area contributed by atoms with Crippen molar-refractivity contribution in [3.8, 4) is 5.75 Å². The van der Waals surface area contributed by atoms with Crippen molar-refractivity contribution in [1.82, 2.24) is 19.6 Å². The van der Waals surface area contributed by atoms with Crippen molar-refractivity contribution in [2.24, 2.45) is 0 Å². The first-order valence-electron chi connectivity index (χ1n) is 7.79. The summed E-state index contributed by atoms with van der Waals surface area (Å²) in [7, 11) is 1.55. The highest BCUT2D eigenvalue weighted by Gasteiger charge is 2.13. The van der Waals surface area contributed by atoms with E-state index in [0.717, 1.165) is 17.0 Å². The lowest BCUT2D eigenvalue weighted by Crippen LogP contribution is -2.14. The number of nitrogens with zero attached hydrogens (tertiary/aromatic N) is 4. The van der Waals surface area contributed by atoms with Gasteiger partial charge in [0, 0.05) is 23.5 Å². The van der Waals surface area contributed by atoms with Gasteiger partial charge in [-0.3, -0.25) is 4.79 Å². The van der Waals surface area contributed by atoms with Gasteiger partial charge in [0.2, 0.25) is 5.91 Å². The zero-order valence-electron chi connectivity index (χ0n) is 14.2. The Kier molecular flexibility index (Phi) is 4.85. The highest BCUT2D eigenvalue weighted by molar-refractivity contribution is 6.32. The molecular formula is C17H18ClN5O2. The molecule has 1 N–H and O–H groups in total. The number of hydrogen-bond donors (Lipinski definition) is 1. The predicted octanol–water partition coefficient (Wildman–Crippen LogP) is 2.97. The summed E-state index contributed by atoms with van der Waals surface area (Å²) in [6.45, 7) is 3.87. The van der Waals surface area contributed by atoms with Gasteiger partial charge in [0.25, 0.3) is 5.78 Å². The minimum Gasteiger partial charge on any atom is -0.495 e. The number of ether oxygens (including phenoxy) is 1. The van der Waals surface area contributed by atoms with Gasteiger partial charge in [-0.1, -0.05) is 11.6 Å². The van der Waals surface area contributed by atoms with E-state index in [0.29, 0.717) is 35.1 Å². The van der Waals surface area contributed by atoms with Gasteiger partial charge >= 0.3 is 0 Å². The summed E-state index contributed by atoms with van der Waals surface area (Å²) in [5, 5.41) is 7.45. The first-order chi connectivity index (χ1) is 12.0. The second-order valence-electron chi connectivity index (χ2n) is 5.63. The van der Waals surface area contributed by atoms with Crippen LogP contribution in [0.25, 0.3) is 5.78 Å². The van der Waals surface area contributed by atoms with Crippen LogP contribution < -0.4 is 10.1 Å². The van der Waals surface area contributed by atoms with Crippen LogP contribution >= 0.6 is 11.6 Å². The summed E-state index contributed by atoms with van der Waals surface area (Å²) >= 11 is 6.07. The van der Waals surface area contributed by atoms with Gasteiger partial charge in [0.05, 0.1) is 12.1 Å². The van der Waals surface area contributed by atoms with Crippen molar-refractivity contribution >= 4 is 29.0 Å². The topological polar surface area (TPSA) is 81.4 Å². The van der Waals surface area contributed by atoms with Crippen LogP contribution in [0, 0.1) is 13.8 Å². The van der Waals surface area contributed by atoms with Gasteiger partial charge in [-0.25, -0.2) is 9.50 Å². The molecular weight excluding hydrogens is 342 g/mol. The highest BCUT2D eigenvalue weighted by atomic mass is 35.5. The molecule has 0 aliphatic heterocycles. The molecule has 0 bridgehead atoms. The van der Waals surface area contributed by atoms with E-state index in [1.54, 1.807) is 29.8 Å². The van der Waals surface area contributed by atoms with E-state index in [-0.39, 0.29) is 5.91 Å². The van der Waals surface area contributed by atoms with Gasteiger partial charge in [-0.2, -0.15) is 10.1 Å². The van der Waals surface area contributed by atoms with Crippen molar-refractivity contribution in [1.29, 1.82) is 0 Å². The van der Waals surface area contributed by atoms with Gasteiger partial charge in [0.15, 0.2) is 0 Å². The fraction of sp³-hybridized carbons (Fsp3) is 0.294. The van der Waals surface area contributed by atoms with Crippen molar-refractivity contribution < 1.29 is 9.53 Å². The summed E-state index contributed by atoms with van der Waals surface area (Å²) in [6.07, 6.45) is 2.36. The summed E-state index contributed by atoms with van der Waals surface area (Å²) < 4.78 is 6.78. The van der Waals surface area contributed by atoms with Crippen molar-refractivity contribution in [2.75, 3.05) is 12.4 Å². The number of aryl methyl sites for hydroxylation is 2. The largest absolute Gasteiger partial charge is 0.495 e. The Morgan fingerprint density at radius 1 is 1.36 bits per heavy atom. The number of methoxy groups -OCH3 is 1. The van der Waals surface area contributed by atoms with E-state index in [9.17, 15) is 4.79 Å². The van der Waals surface area contributed by atoms with Crippen LogP contribution in [-0.2, 0) is 11.2 Å². The monoisotopic (exact) mass is 359 g/mol. The predicted molar refractivity (Wildman–Crippen MR) is 95.2 cm³/mol. The van der Waals surface area contributed by atoms with Crippen LogP contribution in [-0.4, -0.2) is 32.6 Å². The molecule has 2 heterocycles. The molecule has 0 fully saturated rings. The summed E-state index contributed by atoms with van der Waals surface area (Å²) in [4.78, 5) is 20.8. The average Bonchev–Trinajstić information content (AvgIpc) is 3.03. The maximum Gasteiger partial charge on any atom is 0.252 e. The number of anilines is 1. The Labute approximate surface area is 150 Å². The standard InChI is InChI=1S/C17H18ClN5O2/c1-10-13(11(2)23-17(21-10)19-9-20-23)5-7-16(24)22-12-4-6-15(25-3)14(18)8-12/h4,6,8-9H,5,7H2,1-3H3,(H,22,24). The Bertz CT molecular complexity index is 938. The molecule has 0 unspecified atom stereocenters. The Morgan fingerprint density at radius 2 is 2.16 bits per heavy atom. The average molecular weight is 360 g/mol. The minimum atomic E-state index is -0.0984. The number of nitrogens with one attached hydrogen (secondary N) is 1. The van der Waals surface area contributed by atoms with Crippen LogP contribution in [0.15, 0.2) is 24.5 Å². The van der Waals surface area contributed by atoms with Gasteiger partial charge in [-0.15, -0.1) is 0 Å². The lowest BCUT2D eigenvalue weighted by Gasteiger charge is -2.11. The Morgan fingerprint density at radius 3 is 2.88 bits per heavy atom. The van der Waals surface area contributed by atoms with Gasteiger partial charge in [0.1, 0.15) is 12.1 Å². The number of carbonyl (C=O) groups is 1. The third-order valence-electron chi connectivity index (χ3n) is 4.03. The van der Waals surface area contributed by atoms with Gasteiger partial charge < -0.3 is 10.1 Å². The SMILES string of the molecule is COc1ccc(NC(=O)CCc2c(C)nc3ncnn3c2C)cc1Cl. The number of rotatable bonds is 5. The highest BCUT2D eigenvalue weighted by Crippen LogP contribution is 2.27. The van der Waals surface area contributed by atoms with Crippen LogP contribution in [0.3, 0.4) is 0 Å². The molecule has 1 amide bonds. The molecule has 0 aliphatic rings. The summed E-state index contributed by atoms with van der Waals surface area (Å²) in [5.74, 6) is 1.04. The van der Waals surface area contributed by atoms with E-state index >= 15 is 0 Å². The third kappa shape index (κ3) is 3.56. The van der Waals surface area contributed by atoms with Crippen molar-refractivity contribution in [3.05, 3.63) is 46.5 Å². The third-order valence-corrected chi connectivity index (χ3v) is 4.32. The molecule has 0 saturated carbocycles. The van der Waals surface area contributed by atoms with E-state index in [2.05, 4.69) is 20.4 Å². The molecule has 3 aromatic rings. The molecule has 130 valence electrons. The molecule has 0 atom stereocenters. The maximum atomic E-state index is 12.2. The molecule has 0 spiro atoms. The maximum absolute atomic E-state index is 12.2. The lowest BCUT2D eigenvalue weighted by molar-refractivity contribution is -0.116. The number of benzene rings is 1. The summed E-state index contributed by atoms with van der Waals surface area (Å²) in [6, 6.07) is 5.13. The van der Waals surface area contributed by atoms with Gasteiger partial charge in [-0.05, 0) is 44.0 Å². The number of aromatic nitrogens is 4. The fourth-order valence-electron chi connectivity index (χ4n) is 2.72. The first-order valence-corrected chi connectivity index (χ1v) is 8.16. The molecule has 2 aromatic heterocycles. The van der Waals surface area contributed by atoms with Crippen molar-refractivity contribution in [2.45, 2.75) is 26.7 Å². The molecule has 0 aliphatic carbocycles. The normalized spacial score (nSPS) is 10.9. The number of amides is 1. The van der Waals surface area contributed by atoms with E-state index in [4.69, 9.17) is 16.3 Å². The number of carbonyl (C=O) groups excluding carboxylic acids is 1. The smallest absolute Gasteiger partial charge is 0.252 e. The van der Waals surface area contributed by atoms with Crippen molar-refractivity contribution in [3.63, 3.8) is 0 Å². The molecule has 0 radical (unpaired) electrons. The number of hydrogen-bond acceptors (Lipinski definition) is 5. The molecule has 3 rings (SSSR count). The van der Waals surface area contributed by atoms with E-state index < -0.39 is 0 Å². The van der Waals surface area contributed by atoms with Crippen LogP contribution in [0.5, 0.6) is 5.75 Å². The Hall–Kier alpha value is -2.67. The number of fused-ring (bicyclic) bond motifs is 1. The second kappa shape index (κ2) is 7.06. The second-order valence-corrected chi connectivity index (χ2v) is 6.04. The molecule has 25 heavy (non-hydrogen) atoms. The molecule has 8 heteroatoms. The minimum absolute atomic E-state index is 0.0984. The quantitative estimate of drug-likeness (QED) is 0.757. The molecule has 7 nitrogen and oxygen atoms in total.